The standard InChI is InChI=1S/C24H43N3O4S2/c1-5-15-27(16-6-2)33(30,31)17-13-24(29)26-22(19-32-21-10-8-7-9-11-21)23(28)18-25-14-12-20(3)4/h7-11,20,22-23,25,28H,5-6,12-19H2,1-4H3,(H,26,29)/t22-,23+/m0/s1. The van der Waals surface area contributed by atoms with Gasteiger partial charge in [-0.15, -0.1) is 11.8 Å². The largest absolute Gasteiger partial charge is 0.390 e. The van der Waals surface area contributed by atoms with E-state index in [1.165, 1.54) is 4.31 Å². The molecule has 1 rings (SSSR count). The molecule has 33 heavy (non-hydrogen) atoms. The lowest BCUT2D eigenvalue weighted by atomic mass is 10.1. The zero-order chi connectivity index (χ0) is 24.7. The van der Waals surface area contributed by atoms with E-state index in [0.717, 1.165) is 30.7 Å². The number of sulfonamides is 1. The van der Waals surface area contributed by atoms with E-state index in [1.54, 1.807) is 11.8 Å². The van der Waals surface area contributed by atoms with Crippen LogP contribution in [0.3, 0.4) is 0 Å². The Labute approximate surface area is 205 Å². The van der Waals surface area contributed by atoms with Crippen molar-refractivity contribution in [1.29, 1.82) is 0 Å². The van der Waals surface area contributed by atoms with E-state index in [2.05, 4.69) is 24.5 Å². The summed E-state index contributed by atoms with van der Waals surface area (Å²) in [5.41, 5.74) is 0. The molecule has 0 aliphatic carbocycles. The van der Waals surface area contributed by atoms with Crippen LogP contribution in [0.2, 0.25) is 0 Å². The summed E-state index contributed by atoms with van der Waals surface area (Å²) in [5.74, 6) is 0.486. The van der Waals surface area contributed by atoms with Crippen molar-refractivity contribution >= 4 is 27.7 Å². The molecule has 0 aliphatic heterocycles. The smallest absolute Gasteiger partial charge is 0.221 e. The van der Waals surface area contributed by atoms with Gasteiger partial charge in [0.1, 0.15) is 0 Å². The number of aliphatic hydroxyl groups is 1. The fourth-order valence-electron chi connectivity index (χ4n) is 3.25. The first-order valence-electron chi connectivity index (χ1n) is 12.0. The van der Waals surface area contributed by atoms with E-state index in [4.69, 9.17) is 0 Å². The Balaban J connectivity index is 2.70. The number of carbonyl (C=O) groups is 1. The lowest BCUT2D eigenvalue weighted by Gasteiger charge is -2.25. The third-order valence-electron chi connectivity index (χ3n) is 5.16. The van der Waals surface area contributed by atoms with Gasteiger partial charge in [0.25, 0.3) is 0 Å². The van der Waals surface area contributed by atoms with E-state index < -0.39 is 22.2 Å². The number of nitrogens with zero attached hydrogens (tertiary/aromatic N) is 1. The van der Waals surface area contributed by atoms with Crippen LogP contribution in [0.5, 0.6) is 0 Å². The summed E-state index contributed by atoms with van der Waals surface area (Å²) in [4.78, 5) is 13.7. The highest BCUT2D eigenvalue weighted by molar-refractivity contribution is 7.99. The number of carbonyl (C=O) groups excluding carboxylic acids is 1. The number of amides is 1. The fourth-order valence-corrected chi connectivity index (χ4v) is 5.90. The summed E-state index contributed by atoms with van der Waals surface area (Å²) in [5, 5.41) is 16.9. The fraction of sp³-hybridized carbons (Fsp3) is 0.708. The van der Waals surface area contributed by atoms with Crippen LogP contribution in [0.15, 0.2) is 35.2 Å². The van der Waals surface area contributed by atoms with E-state index in [-0.39, 0.29) is 18.1 Å². The van der Waals surface area contributed by atoms with E-state index in [0.29, 0.717) is 31.3 Å². The van der Waals surface area contributed by atoms with Gasteiger partial charge in [0.15, 0.2) is 0 Å². The van der Waals surface area contributed by atoms with Crippen molar-refractivity contribution < 1.29 is 18.3 Å². The number of aliphatic hydroxyl groups excluding tert-OH is 1. The number of rotatable bonds is 18. The Morgan fingerprint density at radius 2 is 1.76 bits per heavy atom. The number of nitrogens with one attached hydrogen (secondary N) is 2. The topological polar surface area (TPSA) is 98.7 Å². The van der Waals surface area contributed by atoms with Gasteiger partial charge in [0.2, 0.25) is 15.9 Å². The second kappa shape index (κ2) is 16.5. The van der Waals surface area contributed by atoms with Crippen molar-refractivity contribution in [2.75, 3.05) is 37.7 Å². The number of hydrogen-bond donors (Lipinski definition) is 3. The maximum atomic E-state index is 12.7. The SMILES string of the molecule is CCCN(CCC)S(=O)(=O)CCC(=O)N[C@@H](CSc1ccccc1)[C@H](O)CNCCC(C)C. The molecule has 0 aliphatic rings. The molecule has 0 fully saturated rings. The highest BCUT2D eigenvalue weighted by atomic mass is 32.2. The molecule has 0 radical (unpaired) electrons. The van der Waals surface area contributed by atoms with Crippen molar-refractivity contribution in [3.8, 4) is 0 Å². The highest BCUT2D eigenvalue weighted by Crippen LogP contribution is 2.19. The molecule has 1 amide bonds. The van der Waals surface area contributed by atoms with Gasteiger partial charge in [-0.1, -0.05) is 45.9 Å². The number of benzene rings is 1. The third kappa shape index (κ3) is 12.8. The van der Waals surface area contributed by atoms with Gasteiger partial charge in [-0.2, -0.15) is 0 Å². The molecule has 3 N–H and O–H groups in total. The lowest BCUT2D eigenvalue weighted by molar-refractivity contribution is -0.122. The molecular formula is C24H43N3O4S2. The quantitative estimate of drug-likeness (QED) is 0.211. The molecule has 0 saturated heterocycles. The average molecular weight is 502 g/mol. The predicted octanol–water partition coefficient (Wildman–Crippen LogP) is 3.10. The van der Waals surface area contributed by atoms with Crippen LogP contribution in [0, 0.1) is 5.92 Å². The maximum Gasteiger partial charge on any atom is 0.221 e. The summed E-state index contributed by atoms with van der Waals surface area (Å²) in [7, 11) is -3.49. The Morgan fingerprint density at radius 1 is 1.12 bits per heavy atom. The summed E-state index contributed by atoms with van der Waals surface area (Å²) in [6, 6.07) is 9.32. The Morgan fingerprint density at radius 3 is 2.33 bits per heavy atom. The summed E-state index contributed by atoms with van der Waals surface area (Å²) in [6.45, 7) is 10.3. The van der Waals surface area contributed by atoms with Crippen LogP contribution < -0.4 is 10.6 Å². The second-order valence-electron chi connectivity index (χ2n) is 8.72. The van der Waals surface area contributed by atoms with Crippen molar-refractivity contribution in [2.45, 2.75) is 70.4 Å². The van der Waals surface area contributed by atoms with Crippen molar-refractivity contribution in [2.24, 2.45) is 5.92 Å². The molecule has 0 unspecified atom stereocenters. The Bertz CT molecular complexity index is 754. The van der Waals surface area contributed by atoms with Crippen molar-refractivity contribution in [3.63, 3.8) is 0 Å². The van der Waals surface area contributed by atoms with E-state index in [1.807, 2.05) is 44.2 Å². The molecular weight excluding hydrogens is 458 g/mol. The maximum absolute atomic E-state index is 12.7. The first kappa shape index (κ1) is 29.9. The molecule has 2 atom stereocenters. The molecule has 1 aromatic rings. The summed E-state index contributed by atoms with van der Waals surface area (Å²) < 4.78 is 26.8. The van der Waals surface area contributed by atoms with Crippen molar-refractivity contribution in [1.82, 2.24) is 14.9 Å². The molecule has 0 heterocycles. The van der Waals surface area contributed by atoms with Crippen LogP contribution in [0.25, 0.3) is 0 Å². The van der Waals surface area contributed by atoms with Crippen molar-refractivity contribution in [3.05, 3.63) is 30.3 Å². The minimum atomic E-state index is -3.49. The second-order valence-corrected chi connectivity index (χ2v) is 11.9. The molecule has 7 nitrogen and oxygen atoms in total. The van der Waals surface area contributed by atoms with Crippen LogP contribution >= 0.6 is 11.8 Å². The van der Waals surface area contributed by atoms with Gasteiger partial charge < -0.3 is 15.7 Å². The first-order chi connectivity index (χ1) is 15.7. The molecule has 190 valence electrons. The summed E-state index contributed by atoms with van der Waals surface area (Å²) in [6.07, 6.45) is 1.59. The monoisotopic (exact) mass is 501 g/mol. The van der Waals surface area contributed by atoms with Gasteiger partial charge in [-0.05, 0) is 43.9 Å². The normalized spacial score (nSPS) is 13.9. The van der Waals surface area contributed by atoms with Crippen LogP contribution in [0.4, 0.5) is 0 Å². The number of thioether (sulfide) groups is 1. The van der Waals surface area contributed by atoms with E-state index >= 15 is 0 Å². The molecule has 1 aromatic carbocycles. The minimum absolute atomic E-state index is 0.119. The molecule has 0 spiro atoms. The molecule has 9 heteroatoms. The lowest BCUT2D eigenvalue weighted by Crippen LogP contribution is -2.49. The minimum Gasteiger partial charge on any atom is -0.390 e. The van der Waals surface area contributed by atoms with Crippen LogP contribution in [-0.4, -0.2) is 73.6 Å². The van der Waals surface area contributed by atoms with Crippen LogP contribution in [-0.2, 0) is 14.8 Å². The highest BCUT2D eigenvalue weighted by Gasteiger charge is 2.25. The Kier molecular flexibility index (Phi) is 14.9. The van der Waals surface area contributed by atoms with Gasteiger partial charge >= 0.3 is 0 Å². The predicted molar refractivity (Wildman–Crippen MR) is 138 cm³/mol. The van der Waals surface area contributed by atoms with Gasteiger partial charge in [-0.25, -0.2) is 12.7 Å². The zero-order valence-electron chi connectivity index (χ0n) is 20.6. The average Bonchev–Trinajstić information content (AvgIpc) is 2.78. The van der Waals surface area contributed by atoms with E-state index in [9.17, 15) is 18.3 Å². The Hall–Kier alpha value is -1.13. The molecule has 0 saturated carbocycles. The third-order valence-corrected chi connectivity index (χ3v) is 8.17. The van der Waals surface area contributed by atoms with Crippen LogP contribution in [0.1, 0.15) is 53.4 Å². The summed E-state index contributed by atoms with van der Waals surface area (Å²) >= 11 is 1.56. The zero-order valence-corrected chi connectivity index (χ0v) is 22.3. The molecule has 0 aromatic heterocycles. The number of hydrogen-bond acceptors (Lipinski definition) is 6. The van der Waals surface area contributed by atoms with Gasteiger partial charge in [0, 0.05) is 36.7 Å². The first-order valence-corrected chi connectivity index (χ1v) is 14.6. The van der Waals surface area contributed by atoms with Gasteiger partial charge in [0.05, 0.1) is 17.9 Å². The van der Waals surface area contributed by atoms with Gasteiger partial charge in [-0.3, -0.25) is 4.79 Å². The molecule has 0 bridgehead atoms.